The molecule has 4 rings (SSSR count). The van der Waals surface area contributed by atoms with Crippen molar-refractivity contribution in [3.63, 3.8) is 0 Å². The summed E-state index contributed by atoms with van der Waals surface area (Å²) in [6.45, 7) is 0.384. The van der Waals surface area contributed by atoms with E-state index in [1.54, 1.807) is 6.07 Å². The zero-order valence-electron chi connectivity index (χ0n) is 17.6. The largest absolute Gasteiger partial charge is 0.573 e. The molecule has 0 fully saturated rings. The van der Waals surface area contributed by atoms with Crippen molar-refractivity contribution >= 4 is 40.8 Å². The first-order valence-corrected chi connectivity index (χ1v) is 11.4. The summed E-state index contributed by atoms with van der Waals surface area (Å²) in [5.41, 5.74) is 8.50. The van der Waals surface area contributed by atoms with Gasteiger partial charge in [-0.3, -0.25) is 0 Å². The number of carbonyl (C=O) groups excluding carboxylic acids is 1. The summed E-state index contributed by atoms with van der Waals surface area (Å²) < 4.78 is 40.8. The van der Waals surface area contributed by atoms with Gasteiger partial charge in [-0.25, -0.2) is 4.79 Å². The van der Waals surface area contributed by atoms with Gasteiger partial charge in [0, 0.05) is 18.0 Å². The minimum atomic E-state index is -4.76. The van der Waals surface area contributed by atoms with Crippen molar-refractivity contribution in [1.29, 1.82) is 0 Å². The van der Waals surface area contributed by atoms with Crippen LogP contribution in [0.3, 0.4) is 0 Å². The normalized spacial score (nSPS) is 15.1. The zero-order valence-corrected chi connectivity index (χ0v) is 19.2. The average molecular weight is 509 g/mol. The van der Waals surface area contributed by atoms with Crippen LogP contribution in [0.15, 0.2) is 71.6 Å². The predicted molar refractivity (Wildman–Crippen MR) is 126 cm³/mol. The van der Waals surface area contributed by atoms with E-state index < -0.39 is 17.9 Å². The molecule has 0 aromatic heterocycles. The van der Waals surface area contributed by atoms with Crippen molar-refractivity contribution in [3.05, 3.63) is 82.9 Å². The number of nitrogens with two attached hydrogens (primary N) is 1. The number of fused-ring (bicyclic) bond motifs is 1. The average Bonchev–Trinajstić information content (AvgIpc) is 3.14. The van der Waals surface area contributed by atoms with E-state index >= 15 is 0 Å². The van der Waals surface area contributed by atoms with Gasteiger partial charge in [0.05, 0.1) is 16.4 Å². The lowest BCUT2D eigenvalue weighted by Crippen LogP contribution is -2.46. The van der Waals surface area contributed by atoms with Crippen LogP contribution in [0.25, 0.3) is 0 Å². The molecular formula is C23H20ClF3N4O2S. The minimum Gasteiger partial charge on any atom is -0.406 e. The molecule has 4 N–H and O–H groups in total. The second-order valence-corrected chi connectivity index (χ2v) is 8.81. The molecule has 178 valence electrons. The van der Waals surface area contributed by atoms with Gasteiger partial charge in [-0.05, 0) is 41.5 Å². The first-order valence-electron chi connectivity index (χ1n) is 10.2. The number of ether oxygens (including phenoxy) is 1. The summed E-state index contributed by atoms with van der Waals surface area (Å²) in [5, 5.41) is 6.16. The van der Waals surface area contributed by atoms with Crippen molar-refractivity contribution in [2.75, 3.05) is 4.90 Å². The molecule has 6 nitrogen and oxygen atoms in total. The van der Waals surface area contributed by atoms with Crippen LogP contribution >= 0.6 is 23.4 Å². The number of urea groups is 1. The molecule has 11 heteroatoms. The number of benzene rings is 3. The molecular weight excluding hydrogens is 489 g/mol. The van der Waals surface area contributed by atoms with E-state index in [4.69, 9.17) is 17.3 Å². The zero-order chi connectivity index (χ0) is 24.3. The van der Waals surface area contributed by atoms with E-state index in [0.717, 1.165) is 21.8 Å². The lowest BCUT2D eigenvalue weighted by atomic mass is 10.1. The molecule has 1 atom stereocenters. The molecule has 0 radical (unpaired) electrons. The Balaban J connectivity index is 1.47. The third-order valence-electron chi connectivity index (χ3n) is 4.99. The summed E-state index contributed by atoms with van der Waals surface area (Å²) in [7, 11) is 0. The topological polar surface area (TPSA) is 79.6 Å². The van der Waals surface area contributed by atoms with Gasteiger partial charge in [0.25, 0.3) is 0 Å². The van der Waals surface area contributed by atoms with Gasteiger partial charge < -0.3 is 26.0 Å². The Morgan fingerprint density at radius 2 is 1.82 bits per heavy atom. The van der Waals surface area contributed by atoms with Crippen molar-refractivity contribution in [1.82, 2.24) is 10.6 Å². The molecule has 3 aromatic carbocycles. The Labute approximate surface area is 203 Å². The Bertz CT molecular complexity index is 1180. The first kappa shape index (κ1) is 24.1. The fourth-order valence-corrected chi connectivity index (χ4v) is 5.00. The number of hydrogen-bond donors (Lipinski definition) is 3. The molecule has 0 bridgehead atoms. The fraction of sp³-hybridized carbons (Fsp3) is 0.174. The van der Waals surface area contributed by atoms with E-state index in [0.29, 0.717) is 10.6 Å². The maximum Gasteiger partial charge on any atom is 0.573 e. The van der Waals surface area contributed by atoms with Crippen molar-refractivity contribution < 1.29 is 22.7 Å². The Morgan fingerprint density at radius 1 is 1.09 bits per heavy atom. The number of halogens is 4. The molecule has 1 aliphatic rings. The van der Waals surface area contributed by atoms with Gasteiger partial charge in [-0.2, -0.15) is 0 Å². The van der Waals surface area contributed by atoms with Gasteiger partial charge in [-0.15, -0.1) is 13.2 Å². The van der Waals surface area contributed by atoms with Gasteiger partial charge >= 0.3 is 12.4 Å². The van der Waals surface area contributed by atoms with Crippen LogP contribution < -0.4 is 26.0 Å². The van der Waals surface area contributed by atoms with Gasteiger partial charge in [-0.1, -0.05) is 59.8 Å². The highest BCUT2D eigenvalue weighted by molar-refractivity contribution is 8.00. The molecule has 3 aromatic rings. The highest BCUT2D eigenvalue weighted by Gasteiger charge is 2.34. The van der Waals surface area contributed by atoms with Crippen LogP contribution in [0.2, 0.25) is 5.02 Å². The van der Waals surface area contributed by atoms with Gasteiger partial charge in [0.15, 0.2) is 5.50 Å². The summed E-state index contributed by atoms with van der Waals surface area (Å²) in [6.07, 6.45) is -4.76. The summed E-state index contributed by atoms with van der Waals surface area (Å²) in [5.74, 6) is -0.327. The molecule has 1 aliphatic heterocycles. The smallest absolute Gasteiger partial charge is 0.406 e. The number of thioether (sulfide) groups is 1. The number of para-hydroxylation sites is 2. The van der Waals surface area contributed by atoms with Crippen LogP contribution in [0.4, 0.5) is 29.3 Å². The first-order chi connectivity index (χ1) is 16.2. The number of alkyl halides is 3. The molecule has 0 spiro atoms. The second-order valence-electron chi connectivity index (χ2n) is 7.28. The van der Waals surface area contributed by atoms with E-state index in [1.807, 2.05) is 41.3 Å². The standard InChI is InChI=1S/C23H20ClF3N4O2S/c24-17-5-3-4-15(12-28)20(17)31-18-6-1-2-7-19(18)34-22(31)30-21(32)29-13-14-8-10-16(11-9-14)33-23(25,26)27/h1-11,22H,12-13,28H2,(H2,29,30,32). The summed E-state index contributed by atoms with van der Waals surface area (Å²) in [6, 6.07) is 18.0. The Hall–Kier alpha value is -3.08. The Morgan fingerprint density at radius 3 is 2.53 bits per heavy atom. The summed E-state index contributed by atoms with van der Waals surface area (Å²) in [4.78, 5) is 15.6. The maximum absolute atomic E-state index is 12.7. The number of rotatable bonds is 6. The van der Waals surface area contributed by atoms with E-state index in [2.05, 4.69) is 15.4 Å². The molecule has 0 saturated carbocycles. The van der Waals surface area contributed by atoms with E-state index in [9.17, 15) is 18.0 Å². The molecule has 1 heterocycles. The third-order valence-corrected chi connectivity index (χ3v) is 6.45. The number of nitrogens with zero attached hydrogens (tertiary/aromatic N) is 1. The highest BCUT2D eigenvalue weighted by atomic mass is 35.5. The third kappa shape index (κ3) is 5.52. The van der Waals surface area contributed by atoms with Crippen molar-refractivity contribution in [2.45, 2.75) is 29.8 Å². The number of hydrogen-bond acceptors (Lipinski definition) is 5. The number of carbonyl (C=O) groups is 1. The molecule has 1 unspecified atom stereocenters. The minimum absolute atomic E-state index is 0.114. The van der Waals surface area contributed by atoms with E-state index in [-0.39, 0.29) is 18.8 Å². The van der Waals surface area contributed by atoms with Crippen molar-refractivity contribution in [2.24, 2.45) is 5.73 Å². The van der Waals surface area contributed by atoms with E-state index in [1.165, 1.54) is 36.0 Å². The van der Waals surface area contributed by atoms with Crippen LogP contribution in [-0.2, 0) is 13.1 Å². The quantitative estimate of drug-likeness (QED) is 0.396. The lowest BCUT2D eigenvalue weighted by molar-refractivity contribution is -0.274. The lowest BCUT2D eigenvalue weighted by Gasteiger charge is -2.30. The molecule has 0 aliphatic carbocycles. The Kier molecular flexibility index (Phi) is 7.11. The van der Waals surface area contributed by atoms with Crippen LogP contribution in [0.1, 0.15) is 11.1 Å². The maximum atomic E-state index is 12.7. The van der Waals surface area contributed by atoms with Gasteiger partial charge in [0.2, 0.25) is 0 Å². The second kappa shape index (κ2) is 10.0. The summed E-state index contributed by atoms with van der Waals surface area (Å²) >= 11 is 7.99. The van der Waals surface area contributed by atoms with Gasteiger partial charge in [0.1, 0.15) is 5.75 Å². The van der Waals surface area contributed by atoms with Crippen LogP contribution in [0.5, 0.6) is 5.75 Å². The highest BCUT2D eigenvalue weighted by Crippen LogP contribution is 2.49. The fourth-order valence-electron chi connectivity index (χ4n) is 3.54. The van der Waals surface area contributed by atoms with Crippen LogP contribution in [-0.4, -0.2) is 17.9 Å². The monoisotopic (exact) mass is 508 g/mol. The molecule has 34 heavy (non-hydrogen) atoms. The van der Waals surface area contributed by atoms with Crippen molar-refractivity contribution in [3.8, 4) is 5.75 Å². The molecule has 2 amide bonds. The number of nitrogens with one attached hydrogen (secondary N) is 2. The predicted octanol–water partition coefficient (Wildman–Crippen LogP) is 5.72. The SMILES string of the molecule is NCc1cccc(Cl)c1N1c2ccccc2SC1NC(=O)NCc1ccc(OC(F)(F)F)cc1. The molecule has 0 saturated heterocycles. The number of anilines is 2. The number of amides is 2. The van der Waals surface area contributed by atoms with Crippen LogP contribution in [0, 0.1) is 0 Å².